The van der Waals surface area contributed by atoms with Gasteiger partial charge >= 0.3 is 0 Å². The number of likely N-dealkylation sites (tertiary alicyclic amines) is 1. The summed E-state index contributed by atoms with van der Waals surface area (Å²) in [5.74, 6) is -1.05. The number of amides is 1. The van der Waals surface area contributed by atoms with Crippen LogP contribution >= 0.6 is 0 Å². The summed E-state index contributed by atoms with van der Waals surface area (Å²) >= 11 is 0. The SMILES string of the molecule is O=C(Cc1ccc(O)c(F)c1)N1CCCCC1CCn1ccnc1. The second-order valence-corrected chi connectivity index (χ2v) is 6.29. The lowest BCUT2D eigenvalue weighted by Gasteiger charge is -2.36. The molecule has 0 radical (unpaired) electrons. The third kappa shape index (κ3) is 3.93. The van der Waals surface area contributed by atoms with E-state index in [0.29, 0.717) is 5.56 Å². The quantitative estimate of drug-likeness (QED) is 0.916. The molecule has 0 bridgehead atoms. The minimum atomic E-state index is -0.685. The van der Waals surface area contributed by atoms with E-state index in [0.717, 1.165) is 38.8 Å². The lowest BCUT2D eigenvalue weighted by molar-refractivity contribution is -0.134. The van der Waals surface area contributed by atoms with E-state index < -0.39 is 5.82 Å². The third-order valence-electron chi connectivity index (χ3n) is 4.59. The number of aromatic nitrogens is 2. The Hall–Kier alpha value is -2.37. The average molecular weight is 331 g/mol. The average Bonchev–Trinajstić information content (AvgIpc) is 3.10. The maximum Gasteiger partial charge on any atom is 0.227 e. The Morgan fingerprint density at radius 1 is 1.38 bits per heavy atom. The zero-order valence-electron chi connectivity index (χ0n) is 13.6. The Balaban J connectivity index is 1.63. The highest BCUT2D eigenvalue weighted by molar-refractivity contribution is 5.79. The molecule has 5 nitrogen and oxygen atoms in total. The molecule has 0 spiro atoms. The topological polar surface area (TPSA) is 58.4 Å². The van der Waals surface area contributed by atoms with Crippen LogP contribution in [-0.2, 0) is 17.8 Å². The van der Waals surface area contributed by atoms with Crippen LogP contribution in [0.2, 0.25) is 0 Å². The van der Waals surface area contributed by atoms with Crippen LogP contribution in [0.4, 0.5) is 4.39 Å². The number of hydrogen-bond donors (Lipinski definition) is 1. The number of carbonyl (C=O) groups excluding carboxylic acids is 1. The summed E-state index contributed by atoms with van der Waals surface area (Å²) in [5.41, 5.74) is 0.592. The molecular weight excluding hydrogens is 309 g/mol. The third-order valence-corrected chi connectivity index (χ3v) is 4.59. The Morgan fingerprint density at radius 2 is 2.25 bits per heavy atom. The maximum atomic E-state index is 13.4. The van der Waals surface area contributed by atoms with Gasteiger partial charge in [0.2, 0.25) is 5.91 Å². The van der Waals surface area contributed by atoms with Crippen molar-refractivity contribution in [1.29, 1.82) is 0 Å². The van der Waals surface area contributed by atoms with Crippen molar-refractivity contribution in [3.05, 3.63) is 48.3 Å². The lowest BCUT2D eigenvalue weighted by atomic mass is 9.98. The highest BCUT2D eigenvalue weighted by Gasteiger charge is 2.26. The molecule has 1 aromatic heterocycles. The molecule has 2 aromatic rings. The minimum absolute atomic E-state index is 0.0235. The van der Waals surface area contributed by atoms with Crippen molar-refractivity contribution in [1.82, 2.24) is 14.5 Å². The highest BCUT2D eigenvalue weighted by Crippen LogP contribution is 2.22. The first kappa shape index (κ1) is 16.5. The van der Waals surface area contributed by atoms with Crippen molar-refractivity contribution in [3.63, 3.8) is 0 Å². The minimum Gasteiger partial charge on any atom is -0.505 e. The first-order valence-corrected chi connectivity index (χ1v) is 8.36. The molecule has 0 aliphatic carbocycles. The van der Waals surface area contributed by atoms with Gasteiger partial charge < -0.3 is 14.6 Å². The molecule has 1 amide bonds. The van der Waals surface area contributed by atoms with Crippen LogP contribution in [0.25, 0.3) is 0 Å². The first-order chi connectivity index (χ1) is 11.6. The van der Waals surface area contributed by atoms with Crippen molar-refractivity contribution in [2.75, 3.05) is 6.54 Å². The first-order valence-electron chi connectivity index (χ1n) is 8.36. The fourth-order valence-electron chi connectivity index (χ4n) is 3.28. The van der Waals surface area contributed by atoms with E-state index in [4.69, 9.17) is 0 Å². The zero-order chi connectivity index (χ0) is 16.9. The number of aromatic hydroxyl groups is 1. The van der Waals surface area contributed by atoms with E-state index in [2.05, 4.69) is 4.98 Å². The Kier molecular flexibility index (Phi) is 5.13. The molecule has 0 saturated carbocycles. The number of benzene rings is 1. The van der Waals surface area contributed by atoms with Gasteiger partial charge in [-0.3, -0.25) is 4.79 Å². The number of nitrogens with zero attached hydrogens (tertiary/aromatic N) is 3. The predicted molar refractivity (Wildman–Crippen MR) is 88.0 cm³/mol. The van der Waals surface area contributed by atoms with E-state index >= 15 is 0 Å². The Labute approximate surface area is 140 Å². The molecule has 1 atom stereocenters. The molecule has 6 heteroatoms. The van der Waals surface area contributed by atoms with Gasteiger partial charge in [0.1, 0.15) is 0 Å². The number of rotatable bonds is 5. The summed E-state index contributed by atoms with van der Waals surface area (Å²) in [5, 5.41) is 9.25. The van der Waals surface area contributed by atoms with Crippen LogP contribution in [-0.4, -0.2) is 38.1 Å². The van der Waals surface area contributed by atoms with Crippen LogP contribution in [0.3, 0.4) is 0 Å². The standard InChI is InChI=1S/C18H22FN3O2/c19-16-11-14(4-5-17(16)23)12-18(24)22-8-2-1-3-15(22)6-9-21-10-7-20-13-21/h4-5,7,10-11,13,15,23H,1-3,6,8-9,12H2. The van der Waals surface area contributed by atoms with Gasteiger partial charge in [-0.05, 0) is 43.4 Å². The van der Waals surface area contributed by atoms with E-state index in [1.165, 1.54) is 12.1 Å². The maximum absolute atomic E-state index is 13.4. The van der Waals surface area contributed by atoms with Gasteiger partial charge in [0.15, 0.2) is 11.6 Å². The molecule has 3 rings (SSSR count). The number of imidazole rings is 1. The van der Waals surface area contributed by atoms with Crippen LogP contribution in [0, 0.1) is 5.82 Å². The van der Waals surface area contributed by atoms with E-state index in [1.807, 2.05) is 15.7 Å². The van der Waals surface area contributed by atoms with Gasteiger partial charge in [-0.1, -0.05) is 6.07 Å². The molecule has 1 fully saturated rings. The van der Waals surface area contributed by atoms with Crippen molar-refractivity contribution < 1.29 is 14.3 Å². The van der Waals surface area contributed by atoms with Crippen LogP contribution in [0.5, 0.6) is 5.75 Å². The fraction of sp³-hybridized carbons (Fsp3) is 0.444. The van der Waals surface area contributed by atoms with Crippen LogP contribution in [0.15, 0.2) is 36.9 Å². The number of hydrogen-bond acceptors (Lipinski definition) is 3. The summed E-state index contributed by atoms with van der Waals surface area (Å²) in [4.78, 5) is 18.6. The Bertz CT molecular complexity index is 688. The number of phenols is 1. The molecule has 1 unspecified atom stereocenters. The van der Waals surface area contributed by atoms with Gasteiger partial charge in [0.25, 0.3) is 0 Å². The molecule has 2 heterocycles. The van der Waals surface area contributed by atoms with Gasteiger partial charge in [-0.25, -0.2) is 9.37 Å². The van der Waals surface area contributed by atoms with Crippen LogP contribution in [0.1, 0.15) is 31.2 Å². The number of phenolic OH excluding ortho intramolecular Hbond substituents is 1. The molecule has 1 saturated heterocycles. The van der Waals surface area contributed by atoms with Gasteiger partial charge in [-0.2, -0.15) is 0 Å². The van der Waals surface area contributed by atoms with E-state index in [-0.39, 0.29) is 24.1 Å². The molecule has 128 valence electrons. The van der Waals surface area contributed by atoms with Crippen molar-refractivity contribution in [3.8, 4) is 5.75 Å². The molecule has 1 aliphatic heterocycles. The second-order valence-electron chi connectivity index (χ2n) is 6.29. The highest BCUT2D eigenvalue weighted by atomic mass is 19.1. The smallest absolute Gasteiger partial charge is 0.227 e. The van der Waals surface area contributed by atoms with Gasteiger partial charge in [0, 0.05) is 31.5 Å². The molecule has 1 N–H and O–H groups in total. The zero-order valence-corrected chi connectivity index (χ0v) is 13.6. The summed E-state index contributed by atoms with van der Waals surface area (Å²) in [6, 6.07) is 4.35. The van der Waals surface area contributed by atoms with Crippen molar-refractivity contribution >= 4 is 5.91 Å². The second kappa shape index (κ2) is 7.47. The summed E-state index contributed by atoms with van der Waals surface area (Å²) in [6.07, 6.45) is 9.67. The fourth-order valence-corrected chi connectivity index (χ4v) is 3.28. The largest absolute Gasteiger partial charge is 0.505 e. The summed E-state index contributed by atoms with van der Waals surface area (Å²) in [6.45, 7) is 1.59. The van der Waals surface area contributed by atoms with Crippen LogP contribution < -0.4 is 0 Å². The normalized spacial score (nSPS) is 17.9. The Morgan fingerprint density at radius 3 is 3.00 bits per heavy atom. The summed E-state index contributed by atoms with van der Waals surface area (Å²) in [7, 11) is 0. The number of carbonyl (C=O) groups is 1. The molecule has 1 aliphatic rings. The number of piperidine rings is 1. The van der Waals surface area contributed by atoms with Crippen molar-refractivity contribution in [2.45, 2.75) is 44.7 Å². The molecule has 24 heavy (non-hydrogen) atoms. The van der Waals surface area contributed by atoms with Gasteiger partial charge in [0.05, 0.1) is 12.7 Å². The molecule has 1 aromatic carbocycles. The van der Waals surface area contributed by atoms with Gasteiger partial charge in [-0.15, -0.1) is 0 Å². The molecular formula is C18H22FN3O2. The van der Waals surface area contributed by atoms with E-state index in [1.54, 1.807) is 18.6 Å². The summed E-state index contributed by atoms with van der Waals surface area (Å²) < 4.78 is 15.5. The number of halogens is 1. The van der Waals surface area contributed by atoms with Crippen molar-refractivity contribution in [2.24, 2.45) is 0 Å². The predicted octanol–water partition coefficient (Wildman–Crippen LogP) is 2.74. The monoisotopic (exact) mass is 331 g/mol. The number of aryl methyl sites for hydroxylation is 1. The lowest BCUT2D eigenvalue weighted by Crippen LogP contribution is -2.44. The van der Waals surface area contributed by atoms with E-state index in [9.17, 15) is 14.3 Å².